The summed E-state index contributed by atoms with van der Waals surface area (Å²) in [6.07, 6.45) is 3.56. The maximum absolute atomic E-state index is 4.56. The first-order valence-electron chi connectivity index (χ1n) is 6.88. The first kappa shape index (κ1) is 15.6. The Balaban J connectivity index is 2.46. The van der Waals surface area contributed by atoms with E-state index in [4.69, 9.17) is 0 Å². The molecule has 0 bridgehead atoms. The lowest BCUT2D eigenvalue weighted by molar-refractivity contribution is 0.277. The number of aromatic nitrogens is 1. The number of rotatable bonds is 6. The van der Waals surface area contributed by atoms with E-state index in [2.05, 4.69) is 57.3 Å². The molecule has 0 aliphatic rings. The predicted octanol–water partition coefficient (Wildman–Crippen LogP) is 4.04. The van der Waals surface area contributed by atoms with Gasteiger partial charge in [-0.25, -0.2) is 4.98 Å². The number of hydrogen-bond acceptors (Lipinski definition) is 3. The van der Waals surface area contributed by atoms with Crippen molar-refractivity contribution in [2.24, 2.45) is 11.3 Å². The highest BCUT2D eigenvalue weighted by Crippen LogP contribution is 2.27. The third-order valence-corrected chi connectivity index (χ3v) is 4.00. The smallest absolute Gasteiger partial charge is 0.0897 e. The Morgan fingerprint density at radius 1 is 1.39 bits per heavy atom. The van der Waals surface area contributed by atoms with Crippen molar-refractivity contribution in [1.82, 2.24) is 10.3 Å². The lowest BCUT2D eigenvalue weighted by atomic mass is 9.82. The fourth-order valence-corrected chi connectivity index (χ4v) is 3.30. The predicted molar refractivity (Wildman–Crippen MR) is 81.3 cm³/mol. The molecule has 18 heavy (non-hydrogen) atoms. The van der Waals surface area contributed by atoms with Crippen LogP contribution in [0.2, 0.25) is 0 Å². The Bertz CT molecular complexity index is 352. The molecule has 3 heteroatoms. The SMILES string of the molecule is CNC(Cc1csc(C)n1)CC(C)CC(C)(C)C. The average molecular weight is 268 g/mol. The summed E-state index contributed by atoms with van der Waals surface area (Å²) in [4.78, 5) is 4.56. The summed E-state index contributed by atoms with van der Waals surface area (Å²) in [6, 6.07) is 0.545. The number of likely N-dealkylation sites (N-methyl/N-ethyl adjacent to an activating group) is 1. The van der Waals surface area contributed by atoms with Crippen molar-refractivity contribution in [3.05, 3.63) is 16.1 Å². The second-order valence-electron chi connectivity index (χ2n) is 6.65. The molecule has 0 aromatic carbocycles. The van der Waals surface area contributed by atoms with Gasteiger partial charge in [-0.2, -0.15) is 0 Å². The van der Waals surface area contributed by atoms with Crippen LogP contribution in [0, 0.1) is 18.3 Å². The fourth-order valence-electron chi connectivity index (χ4n) is 2.67. The minimum atomic E-state index is 0.426. The van der Waals surface area contributed by atoms with Crippen molar-refractivity contribution in [3.63, 3.8) is 0 Å². The normalized spacial score (nSPS) is 15.7. The number of nitrogens with one attached hydrogen (secondary N) is 1. The van der Waals surface area contributed by atoms with Gasteiger partial charge in [0.25, 0.3) is 0 Å². The van der Waals surface area contributed by atoms with E-state index in [1.807, 2.05) is 0 Å². The highest BCUT2D eigenvalue weighted by molar-refractivity contribution is 7.09. The van der Waals surface area contributed by atoms with E-state index in [9.17, 15) is 0 Å². The van der Waals surface area contributed by atoms with Crippen molar-refractivity contribution in [1.29, 1.82) is 0 Å². The molecule has 0 spiro atoms. The molecule has 2 atom stereocenters. The minimum absolute atomic E-state index is 0.426. The third-order valence-electron chi connectivity index (χ3n) is 3.18. The van der Waals surface area contributed by atoms with E-state index in [-0.39, 0.29) is 0 Å². The third kappa shape index (κ3) is 5.96. The summed E-state index contributed by atoms with van der Waals surface area (Å²) >= 11 is 1.75. The van der Waals surface area contributed by atoms with E-state index in [1.165, 1.54) is 23.5 Å². The van der Waals surface area contributed by atoms with E-state index in [1.54, 1.807) is 11.3 Å². The maximum atomic E-state index is 4.56. The summed E-state index contributed by atoms with van der Waals surface area (Å²) in [5.74, 6) is 0.752. The molecule has 0 saturated heterocycles. The largest absolute Gasteiger partial charge is 0.317 e. The van der Waals surface area contributed by atoms with E-state index >= 15 is 0 Å². The molecule has 0 aliphatic carbocycles. The van der Waals surface area contributed by atoms with Crippen LogP contribution >= 0.6 is 11.3 Å². The minimum Gasteiger partial charge on any atom is -0.317 e. The highest BCUT2D eigenvalue weighted by Gasteiger charge is 2.19. The maximum Gasteiger partial charge on any atom is 0.0897 e. The summed E-state index contributed by atoms with van der Waals surface area (Å²) in [5.41, 5.74) is 1.66. The van der Waals surface area contributed by atoms with Gasteiger partial charge >= 0.3 is 0 Å². The fraction of sp³-hybridized carbons (Fsp3) is 0.800. The molecule has 0 aliphatic heterocycles. The Morgan fingerprint density at radius 2 is 2.06 bits per heavy atom. The van der Waals surface area contributed by atoms with Crippen LogP contribution in [-0.4, -0.2) is 18.1 Å². The number of hydrogen-bond donors (Lipinski definition) is 1. The average Bonchev–Trinajstić information content (AvgIpc) is 2.60. The highest BCUT2D eigenvalue weighted by atomic mass is 32.1. The molecular weight excluding hydrogens is 240 g/mol. The molecular formula is C15H28N2S. The van der Waals surface area contributed by atoms with Gasteiger partial charge in [0.2, 0.25) is 0 Å². The molecule has 2 unspecified atom stereocenters. The molecule has 104 valence electrons. The Kier molecular flexibility index (Phi) is 5.80. The summed E-state index contributed by atoms with van der Waals surface area (Å²) in [6.45, 7) is 11.4. The van der Waals surface area contributed by atoms with Gasteiger partial charge in [-0.15, -0.1) is 11.3 Å². The Morgan fingerprint density at radius 3 is 2.50 bits per heavy atom. The van der Waals surface area contributed by atoms with Crippen LogP contribution in [-0.2, 0) is 6.42 Å². The second kappa shape index (κ2) is 6.67. The molecule has 0 fully saturated rings. The lowest BCUT2D eigenvalue weighted by Crippen LogP contribution is -2.30. The monoisotopic (exact) mass is 268 g/mol. The first-order chi connectivity index (χ1) is 8.30. The van der Waals surface area contributed by atoms with Gasteiger partial charge in [0.1, 0.15) is 0 Å². The Hall–Kier alpha value is -0.410. The van der Waals surface area contributed by atoms with Crippen molar-refractivity contribution in [3.8, 4) is 0 Å². The van der Waals surface area contributed by atoms with Crippen LogP contribution in [0.5, 0.6) is 0 Å². The molecule has 1 N–H and O–H groups in total. The zero-order chi connectivity index (χ0) is 13.8. The van der Waals surface area contributed by atoms with Crippen LogP contribution < -0.4 is 5.32 Å². The van der Waals surface area contributed by atoms with Crippen LogP contribution in [0.25, 0.3) is 0 Å². The number of thiazole rings is 1. The molecule has 1 aromatic rings. The zero-order valence-electron chi connectivity index (χ0n) is 12.7. The molecule has 1 heterocycles. The van der Waals surface area contributed by atoms with Crippen molar-refractivity contribution in [2.75, 3.05) is 7.05 Å². The van der Waals surface area contributed by atoms with Gasteiger partial charge in [-0.05, 0) is 38.1 Å². The molecule has 0 saturated carbocycles. The zero-order valence-corrected chi connectivity index (χ0v) is 13.5. The van der Waals surface area contributed by atoms with Gasteiger partial charge < -0.3 is 5.32 Å². The molecule has 2 nitrogen and oxygen atoms in total. The first-order valence-corrected chi connectivity index (χ1v) is 7.76. The van der Waals surface area contributed by atoms with Crippen LogP contribution in [0.3, 0.4) is 0 Å². The summed E-state index contributed by atoms with van der Waals surface area (Å²) in [5, 5.41) is 6.80. The number of aryl methyl sites for hydroxylation is 1. The molecule has 1 aromatic heterocycles. The topological polar surface area (TPSA) is 24.9 Å². The van der Waals surface area contributed by atoms with Crippen LogP contribution in [0.4, 0.5) is 0 Å². The molecule has 1 rings (SSSR count). The molecule has 0 amide bonds. The lowest BCUT2D eigenvalue weighted by Gasteiger charge is -2.26. The van der Waals surface area contributed by atoms with Gasteiger partial charge in [0, 0.05) is 17.8 Å². The van der Waals surface area contributed by atoms with Gasteiger partial charge in [-0.1, -0.05) is 27.7 Å². The quantitative estimate of drug-likeness (QED) is 0.842. The number of nitrogens with zero attached hydrogens (tertiary/aromatic N) is 1. The van der Waals surface area contributed by atoms with E-state index in [0.29, 0.717) is 11.5 Å². The van der Waals surface area contributed by atoms with Crippen molar-refractivity contribution >= 4 is 11.3 Å². The van der Waals surface area contributed by atoms with Gasteiger partial charge in [0.15, 0.2) is 0 Å². The van der Waals surface area contributed by atoms with Crippen LogP contribution in [0.15, 0.2) is 5.38 Å². The van der Waals surface area contributed by atoms with Crippen molar-refractivity contribution < 1.29 is 0 Å². The van der Waals surface area contributed by atoms with Gasteiger partial charge in [0.05, 0.1) is 10.7 Å². The summed E-state index contributed by atoms with van der Waals surface area (Å²) in [7, 11) is 2.06. The second-order valence-corrected chi connectivity index (χ2v) is 7.72. The van der Waals surface area contributed by atoms with Gasteiger partial charge in [-0.3, -0.25) is 0 Å². The van der Waals surface area contributed by atoms with E-state index in [0.717, 1.165) is 12.3 Å². The van der Waals surface area contributed by atoms with Crippen molar-refractivity contribution in [2.45, 2.75) is 59.9 Å². The standard InChI is InChI=1S/C15H28N2S/c1-11(9-15(3,4)5)7-13(16-6)8-14-10-18-12(2)17-14/h10-11,13,16H,7-9H2,1-6H3. The van der Waals surface area contributed by atoms with E-state index < -0.39 is 0 Å². The summed E-state index contributed by atoms with van der Waals surface area (Å²) < 4.78 is 0. The Labute approximate surface area is 116 Å². The van der Waals surface area contributed by atoms with Crippen LogP contribution in [0.1, 0.15) is 51.2 Å². The molecule has 0 radical (unpaired) electrons.